The Morgan fingerprint density at radius 3 is 2.00 bits per heavy atom. The number of aromatic nitrogens is 2. The summed E-state index contributed by atoms with van der Waals surface area (Å²) >= 11 is 1.84. The van der Waals surface area contributed by atoms with E-state index in [4.69, 9.17) is 14.8 Å². The number of aliphatic carboxylic acids is 1. The summed E-state index contributed by atoms with van der Waals surface area (Å²) in [6, 6.07) is 26.7. The molecule has 6 rings (SSSR count). The lowest BCUT2D eigenvalue weighted by molar-refractivity contribution is -0.150. The van der Waals surface area contributed by atoms with Gasteiger partial charge in [-0.25, -0.2) is 4.79 Å². The van der Waals surface area contributed by atoms with Crippen molar-refractivity contribution in [1.29, 1.82) is 0 Å². The normalized spacial score (nSPS) is 18.1. The van der Waals surface area contributed by atoms with E-state index in [0.29, 0.717) is 16.7 Å². The van der Waals surface area contributed by atoms with Crippen molar-refractivity contribution in [3.05, 3.63) is 125 Å². The second-order valence-corrected chi connectivity index (χ2v) is 14.0. The first-order chi connectivity index (χ1) is 23.0. The van der Waals surface area contributed by atoms with Crippen LogP contribution in [0.4, 0.5) is 5.13 Å². The molecule has 0 saturated carbocycles. The highest BCUT2D eigenvalue weighted by Gasteiger charge is 2.55. The number of carboxylic acids is 1. The zero-order valence-corrected chi connectivity index (χ0v) is 27.4. The first-order valence-electron chi connectivity index (χ1n) is 14.1. The molecule has 48 heavy (non-hydrogen) atoms. The van der Waals surface area contributed by atoms with Crippen LogP contribution in [0.2, 0.25) is 0 Å². The largest absolute Gasteiger partial charge is 0.476 e. The molecule has 0 bridgehead atoms. The summed E-state index contributed by atoms with van der Waals surface area (Å²) in [5.74, 6) is -4.00. The van der Waals surface area contributed by atoms with Gasteiger partial charge in [-0.15, -0.1) is 11.8 Å². The number of carboxylic acid groups (broad SMARTS) is 1. The van der Waals surface area contributed by atoms with E-state index in [2.05, 4.69) is 19.8 Å². The maximum atomic E-state index is 13.9. The Morgan fingerprint density at radius 2 is 1.54 bits per heavy atom. The van der Waals surface area contributed by atoms with Crippen molar-refractivity contribution in [2.45, 2.75) is 17.0 Å². The van der Waals surface area contributed by atoms with Gasteiger partial charge in [0.2, 0.25) is 17.1 Å². The number of fused-ring (bicyclic) bond motifs is 1. The van der Waals surface area contributed by atoms with Crippen LogP contribution in [0.25, 0.3) is 0 Å². The molecule has 2 aliphatic rings. The van der Waals surface area contributed by atoms with Crippen LogP contribution < -0.4 is 11.1 Å². The molecule has 0 radical (unpaired) electrons. The zero-order valence-electron chi connectivity index (χ0n) is 24.9. The number of oxime groups is 1. The minimum absolute atomic E-state index is 0.0503. The second kappa shape index (κ2) is 13.1. The fourth-order valence-electron chi connectivity index (χ4n) is 5.35. The van der Waals surface area contributed by atoms with Crippen LogP contribution in [-0.2, 0) is 39.1 Å². The minimum Gasteiger partial charge on any atom is -0.476 e. The lowest BCUT2D eigenvalue weighted by Crippen LogP contribution is -2.71. The first kappa shape index (κ1) is 32.7. The van der Waals surface area contributed by atoms with E-state index >= 15 is 0 Å². The van der Waals surface area contributed by atoms with Crippen LogP contribution in [-0.4, -0.2) is 74.7 Å². The lowest BCUT2D eigenvalue weighted by atomic mass is 9.80. The van der Waals surface area contributed by atoms with Crippen LogP contribution in [0.15, 0.2) is 108 Å². The van der Waals surface area contributed by atoms with Crippen molar-refractivity contribution >= 4 is 62.0 Å². The Bertz CT molecular complexity index is 1940. The average Bonchev–Trinajstić information content (AvgIpc) is 3.51. The number of rotatable bonds is 11. The molecule has 1 fully saturated rings. The number of β-lactam (4-membered cyclic amide) rings is 1. The molecule has 2 aliphatic heterocycles. The van der Waals surface area contributed by atoms with E-state index in [9.17, 15) is 27.9 Å². The Hall–Kier alpha value is -5.26. The van der Waals surface area contributed by atoms with E-state index in [0.717, 1.165) is 34.5 Å². The Balaban J connectivity index is 1.38. The Kier molecular flexibility index (Phi) is 8.91. The van der Waals surface area contributed by atoms with Gasteiger partial charge < -0.3 is 25.2 Å². The number of nitrogens with zero attached hydrogens (tertiary/aromatic N) is 4. The average molecular weight is 707 g/mol. The van der Waals surface area contributed by atoms with Gasteiger partial charge in [0.1, 0.15) is 11.4 Å². The number of amides is 2. The number of anilines is 1. The molecule has 4 N–H and O–H groups in total. The number of nitrogens with one attached hydrogen (secondary N) is 1. The van der Waals surface area contributed by atoms with Gasteiger partial charge in [-0.2, -0.15) is 17.8 Å². The van der Waals surface area contributed by atoms with Gasteiger partial charge in [-0.1, -0.05) is 96.2 Å². The standard InChI is InChI=1S/C31H26N6O8S3/c1-48(42,43)44-21-17-46-28-23(27(39)37(28)24(21)29(40)41)33-26(38)22(25-34-30(32)47-36-25)35-45-31(18-11-5-2-6-12-18,19-13-7-3-8-14-19)20-15-9-4-10-16-20/h2-16,23,28H,17H2,1H3,(H,33,38)(H,40,41)(H2,32,34,36)/t23-,28+/m1/s1. The number of thioether (sulfide) groups is 1. The van der Waals surface area contributed by atoms with Crippen LogP contribution in [0.3, 0.4) is 0 Å². The number of carbonyl (C=O) groups excluding carboxylic acids is 2. The number of nitrogens with two attached hydrogens (primary N) is 1. The molecule has 2 atom stereocenters. The molecule has 2 amide bonds. The third-order valence-electron chi connectivity index (χ3n) is 7.36. The van der Waals surface area contributed by atoms with Crippen LogP contribution >= 0.6 is 23.3 Å². The molecule has 1 saturated heterocycles. The third kappa shape index (κ3) is 6.22. The number of benzene rings is 3. The highest BCUT2D eigenvalue weighted by atomic mass is 32.2. The Morgan fingerprint density at radius 1 is 1.00 bits per heavy atom. The van der Waals surface area contributed by atoms with Gasteiger partial charge in [0, 0.05) is 28.2 Å². The number of nitrogen functional groups attached to an aromatic ring is 1. The van der Waals surface area contributed by atoms with Crippen molar-refractivity contribution < 1.29 is 36.9 Å². The minimum atomic E-state index is -4.07. The highest BCUT2D eigenvalue weighted by molar-refractivity contribution is 8.00. The highest BCUT2D eigenvalue weighted by Crippen LogP contribution is 2.42. The summed E-state index contributed by atoms with van der Waals surface area (Å²) in [5, 5.41) is 15.9. The molecular formula is C31H26N6O8S3. The predicted octanol–water partition coefficient (Wildman–Crippen LogP) is 2.51. The lowest BCUT2D eigenvalue weighted by Gasteiger charge is -2.48. The SMILES string of the molecule is CS(=O)(=O)OC1=C(C(=O)O)N2C(=O)[C@@H](NC(=O)C(=NOC(c3ccccc3)(c3ccccc3)c3ccccc3)c3nsc(N)n3)[C@@H]2SC1. The van der Waals surface area contributed by atoms with Gasteiger partial charge >= 0.3 is 16.1 Å². The number of hydrogen-bond donors (Lipinski definition) is 3. The monoisotopic (exact) mass is 706 g/mol. The van der Waals surface area contributed by atoms with Gasteiger partial charge in [-0.3, -0.25) is 14.5 Å². The summed E-state index contributed by atoms with van der Waals surface area (Å²) in [6.07, 6.45) is 0.765. The first-order valence-corrected chi connectivity index (χ1v) is 17.8. The van der Waals surface area contributed by atoms with E-state index in [1.165, 1.54) is 0 Å². The van der Waals surface area contributed by atoms with Crippen LogP contribution in [0.5, 0.6) is 0 Å². The molecule has 4 aromatic rings. The van der Waals surface area contributed by atoms with Crippen molar-refractivity contribution in [2.75, 3.05) is 17.7 Å². The third-order valence-corrected chi connectivity index (χ3v) is 9.66. The summed E-state index contributed by atoms with van der Waals surface area (Å²) in [5.41, 5.74) is 5.56. The van der Waals surface area contributed by atoms with E-state index in [-0.39, 0.29) is 16.7 Å². The molecule has 0 aliphatic carbocycles. The van der Waals surface area contributed by atoms with Crippen molar-refractivity contribution in [3.8, 4) is 0 Å². The Labute approximate surface area is 282 Å². The van der Waals surface area contributed by atoms with Gasteiger partial charge in [-0.05, 0) is 0 Å². The smallest absolute Gasteiger partial charge is 0.356 e. The topological polar surface area (TPSA) is 203 Å². The van der Waals surface area contributed by atoms with Crippen molar-refractivity contribution in [1.82, 2.24) is 19.6 Å². The summed E-state index contributed by atoms with van der Waals surface area (Å²) in [4.78, 5) is 50.7. The molecule has 0 spiro atoms. The summed E-state index contributed by atoms with van der Waals surface area (Å²) in [6.45, 7) is 0. The molecule has 246 valence electrons. The number of hydrogen-bond acceptors (Lipinski definition) is 13. The van der Waals surface area contributed by atoms with Crippen LogP contribution in [0, 0.1) is 0 Å². The zero-order chi connectivity index (χ0) is 34.1. The summed E-state index contributed by atoms with van der Waals surface area (Å²) in [7, 11) is -4.07. The molecular weight excluding hydrogens is 681 g/mol. The molecule has 14 nitrogen and oxygen atoms in total. The molecule has 0 unspecified atom stereocenters. The quantitative estimate of drug-likeness (QED) is 0.0677. The van der Waals surface area contributed by atoms with Crippen molar-refractivity contribution in [2.24, 2.45) is 5.16 Å². The maximum Gasteiger partial charge on any atom is 0.356 e. The fourth-order valence-corrected chi connectivity index (χ4v) is 7.62. The maximum absolute atomic E-state index is 13.9. The molecule has 17 heteroatoms. The molecule has 1 aromatic heterocycles. The van der Waals surface area contributed by atoms with E-state index < -0.39 is 62.1 Å². The summed E-state index contributed by atoms with van der Waals surface area (Å²) < 4.78 is 32.4. The second-order valence-electron chi connectivity index (χ2n) is 10.5. The van der Waals surface area contributed by atoms with E-state index in [1.54, 1.807) is 0 Å². The van der Waals surface area contributed by atoms with Gasteiger partial charge in [0.05, 0.1) is 12.0 Å². The van der Waals surface area contributed by atoms with E-state index in [1.807, 2.05) is 91.0 Å². The fraction of sp³-hybridized carbons (Fsp3) is 0.161. The molecule has 3 heterocycles. The predicted molar refractivity (Wildman–Crippen MR) is 177 cm³/mol. The van der Waals surface area contributed by atoms with Crippen LogP contribution in [0.1, 0.15) is 22.5 Å². The van der Waals surface area contributed by atoms with Gasteiger partial charge in [0.25, 0.3) is 11.8 Å². The van der Waals surface area contributed by atoms with Crippen molar-refractivity contribution in [3.63, 3.8) is 0 Å². The van der Waals surface area contributed by atoms with Gasteiger partial charge in [0.15, 0.2) is 16.6 Å². The number of carbonyl (C=O) groups is 3. The molecule has 3 aromatic carbocycles.